The minimum atomic E-state index is -4.82. The lowest BCUT2D eigenvalue weighted by Crippen LogP contribution is -2.43. The van der Waals surface area contributed by atoms with Gasteiger partial charge in [0.2, 0.25) is 0 Å². The van der Waals surface area contributed by atoms with Crippen LogP contribution in [0.4, 0.5) is 13.2 Å². The number of hydrogen-bond acceptors (Lipinski definition) is 2. The molecule has 1 amide bonds. The van der Waals surface area contributed by atoms with E-state index < -0.39 is 17.5 Å². The highest BCUT2D eigenvalue weighted by Gasteiger charge is 2.39. The molecule has 0 atom stereocenters. The molecule has 6 heteroatoms. The average molecular weight is 265 g/mol. The number of rotatable bonds is 3. The van der Waals surface area contributed by atoms with Gasteiger partial charge in [-0.2, -0.15) is 13.2 Å². The number of carbonyl (C=O) groups excluding carboxylic acids is 1. The zero-order valence-electron chi connectivity index (χ0n) is 9.81. The normalized spacial score (nSPS) is 12.6. The summed E-state index contributed by atoms with van der Waals surface area (Å²) in [6, 6.07) is 1.91. The quantitative estimate of drug-likeness (QED) is 0.894. The molecule has 1 rings (SSSR count). The van der Waals surface area contributed by atoms with Crippen LogP contribution in [-0.4, -0.2) is 18.6 Å². The maximum atomic E-state index is 12.0. The van der Waals surface area contributed by atoms with Gasteiger partial charge in [-0.15, -0.1) is 11.3 Å². The van der Waals surface area contributed by atoms with E-state index in [1.54, 1.807) is 0 Å². The molecule has 1 heterocycles. The molecule has 0 spiro atoms. The van der Waals surface area contributed by atoms with Crippen LogP contribution in [0.25, 0.3) is 0 Å². The molecule has 1 N–H and O–H groups in total. The zero-order chi connectivity index (χ0) is 13.3. The van der Waals surface area contributed by atoms with Gasteiger partial charge in [-0.25, -0.2) is 0 Å². The van der Waals surface area contributed by atoms with Gasteiger partial charge in [-0.1, -0.05) is 13.8 Å². The van der Waals surface area contributed by atoms with Gasteiger partial charge in [0.15, 0.2) is 0 Å². The molecule has 0 fully saturated rings. The highest BCUT2D eigenvalue weighted by Crippen LogP contribution is 2.30. The summed E-state index contributed by atoms with van der Waals surface area (Å²) in [5, 5.41) is 3.81. The maximum absolute atomic E-state index is 12.0. The van der Waals surface area contributed by atoms with Crippen molar-refractivity contribution >= 4 is 17.2 Å². The van der Waals surface area contributed by atoms with Gasteiger partial charge in [-0.3, -0.25) is 4.79 Å². The van der Waals surface area contributed by atoms with Crippen molar-refractivity contribution in [2.75, 3.05) is 6.54 Å². The second-order valence-corrected chi connectivity index (χ2v) is 5.41. The number of hydrogen-bond donors (Lipinski definition) is 1. The summed E-state index contributed by atoms with van der Waals surface area (Å²) in [5.74, 6) is -1.89. The minimum Gasteiger partial charge on any atom is -0.347 e. The molecule has 0 saturated carbocycles. The van der Waals surface area contributed by atoms with Crippen molar-refractivity contribution in [3.05, 3.63) is 21.9 Å². The predicted molar refractivity (Wildman–Crippen MR) is 61.1 cm³/mol. The van der Waals surface area contributed by atoms with E-state index in [2.05, 4.69) is 0 Å². The first-order valence-electron chi connectivity index (χ1n) is 5.04. The third-order valence-electron chi connectivity index (χ3n) is 2.43. The molecule has 0 aliphatic heterocycles. The smallest absolute Gasteiger partial charge is 0.347 e. The Hall–Kier alpha value is -1.04. The molecule has 0 aliphatic rings. The van der Waals surface area contributed by atoms with E-state index in [-0.39, 0.29) is 6.54 Å². The third-order valence-corrected chi connectivity index (χ3v) is 3.81. The van der Waals surface area contributed by atoms with Crippen molar-refractivity contribution in [2.24, 2.45) is 0 Å². The molecule has 0 radical (unpaired) electrons. The van der Waals surface area contributed by atoms with Gasteiger partial charge in [0, 0.05) is 16.8 Å². The highest BCUT2D eigenvalue weighted by atomic mass is 32.1. The molecule has 0 saturated heterocycles. The number of halogens is 3. The van der Waals surface area contributed by atoms with E-state index in [1.807, 2.05) is 37.5 Å². The van der Waals surface area contributed by atoms with Gasteiger partial charge in [-0.05, 0) is 23.9 Å². The van der Waals surface area contributed by atoms with E-state index >= 15 is 0 Å². The molecule has 0 aromatic carbocycles. The number of amides is 1. The van der Waals surface area contributed by atoms with Gasteiger partial charge in [0.05, 0.1) is 0 Å². The summed E-state index contributed by atoms with van der Waals surface area (Å²) in [6.07, 6.45) is -4.82. The Morgan fingerprint density at radius 3 is 2.41 bits per heavy atom. The molecule has 17 heavy (non-hydrogen) atoms. The van der Waals surface area contributed by atoms with Gasteiger partial charge < -0.3 is 5.32 Å². The number of aryl methyl sites for hydroxylation is 1. The Labute approximate surface area is 102 Å². The first-order valence-corrected chi connectivity index (χ1v) is 5.92. The van der Waals surface area contributed by atoms with Crippen molar-refractivity contribution in [2.45, 2.75) is 32.4 Å². The van der Waals surface area contributed by atoms with Crippen molar-refractivity contribution in [3.63, 3.8) is 0 Å². The molecular weight excluding hydrogens is 251 g/mol. The first kappa shape index (κ1) is 14.0. The zero-order valence-corrected chi connectivity index (χ0v) is 10.6. The van der Waals surface area contributed by atoms with Crippen LogP contribution >= 0.6 is 11.3 Å². The Kier molecular flexibility index (Phi) is 3.86. The fourth-order valence-electron chi connectivity index (χ4n) is 1.55. The van der Waals surface area contributed by atoms with Gasteiger partial charge >= 0.3 is 12.1 Å². The molecule has 0 unspecified atom stereocenters. The lowest BCUT2D eigenvalue weighted by Gasteiger charge is -2.25. The lowest BCUT2D eigenvalue weighted by atomic mass is 9.89. The van der Waals surface area contributed by atoms with Crippen LogP contribution < -0.4 is 5.32 Å². The van der Waals surface area contributed by atoms with Gasteiger partial charge in [0.1, 0.15) is 0 Å². The maximum Gasteiger partial charge on any atom is 0.471 e. The van der Waals surface area contributed by atoms with E-state index in [0.717, 1.165) is 10.4 Å². The summed E-state index contributed by atoms with van der Waals surface area (Å²) in [7, 11) is 0. The van der Waals surface area contributed by atoms with E-state index in [9.17, 15) is 18.0 Å². The minimum absolute atomic E-state index is 0.0350. The topological polar surface area (TPSA) is 29.1 Å². The second kappa shape index (κ2) is 4.68. The summed E-state index contributed by atoms with van der Waals surface area (Å²) in [5.41, 5.74) is 0.528. The summed E-state index contributed by atoms with van der Waals surface area (Å²) >= 11 is 1.48. The average Bonchev–Trinajstić information content (AvgIpc) is 2.60. The van der Waals surface area contributed by atoms with Crippen LogP contribution in [0.15, 0.2) is 11.4 Å². The molecule has 1 aromatic rings. The number of carbonyl (C=O) groups is 1. The van der Waals surface area contributed by atoms with Crippen LogP contribution in [0.1, 0.15) is 24.3 Å². The van der Waals surface area contributed by atoms with E-state index in [1.165, 1.54) is 11.3 Å². The Balaban J connectivity index is 2.69. The number of nitrogens with one attached hydrogen (secondary N) is 1. The molecule has 2 nitrogen and oxygen atoms in total. The Morgan fingerprint density at radius 2 is 2.00 bits per heavy atom. The lowest BCUT2D eigenvalue weighted by molar-refractivity contribution is -0.173. The fraction of sp³-hybridized carbons (Fsp3) is 0.545. The monoisotopic (exact) mass is 265 g/mol. The van der Waals surface area contributed by atoms with Crippen molar-refractivity contribution in [3.8, 4) is 0 Å². The van der Waals surface area contributed by atoms with Crippen LogP contribution in [0.5, 0.6) is 0 Å². The predicted octanol–water partition coefficient (Wildman–Crippen LogP) is 3.01. The third kappa shape index (κ3) is 3.46. The summed E-state index contributed by atoms with van der Waals surface area (Å²) < 4.78 is 36.1. The largest absolute Gasteiger partial charge is 0.471 e. The van der Waals surface area contributed by atoms with Crippen molar-refractivity contribution in [1.82, 2.24) is 5.32 Å². The number of thiophene rings is 1. The van der Waals surface area contributed by atoms with Gasteiger partial charge in [0.25, 0.3) is 0 Å². The molecule has 0 aliphatic carbocycles. The Morgan fingerprint density at radius 1 is 1.41 bits per heavy atom. The fourth-order valence-corrected chi connectivity index (χ4v) is 2.60. The standard InChI is InChI=1S/C11H14F3NOS/c1-7-4-5-17-8(7)10(2,3)6-15-9(16)11(12,13)14/h4-5H,6H2,1-3H3,(H,15,16). The molecule has 0 bridgehead atoms. The highest BCUT2D eigenvalue weighted by molar-refractivity contribution is 7.10. The van der Waals surface area contributed by atoms with E-state index in [4.69, 9.17) is 0 Å². The second-order valence-electron chi connectivity index (χ2n) is 4.50. The SMILES string of the molecule is Cc1ccsc1C(C)(C)CNC(=O)C(F)(F)F. The van der Waals surface area contributed by atoms with Crippen LogP contribution in [0.2, 0.25) is 0 Å². The van der Waals surface area contributed by atoms with E-state index in [0.29, 0.717) is 0 Å². The molecular formula is C11H14F3NOS. The Bertz CT molecular complexity index is 409. The molecule has 1 aromatic heterocycles. The number of alkyl halides is 3. The van der Waals surface area contributed by atoms with Crippen molar-refractivity contribution < 1.29 is 18.0 Å². The summed E-state index contributed by atoms with van der Waals surface area (Å²) in [6.45, 7) is 5.48. The van der Waals surface area contributed by atoms with Crippen LogP contribution in [0.3, 0.4) is 0 Å². The molecule has 96 valence electrons. The van der Waals surface area contributed by atoms with Crippen LogP contribution in [0, 0.1) is 6.92 Å². The van der Waals surface area contributed by atoms with Crippen LogP contribution in [-0.2, 0) is 10.2 Å². The summed E-state index contributed by atoms with van der Waals surface area (Å²) in [4.78, 5) is 11.7. The van der Waals surface area contributed by atoms with Crippen molar-refractivity contribution in [1.29, 1.82) is 0 Å². The first-order chi connectivity index (χ1) is 7.64.